The first-order chi connectivity index (χ1) is 8.31. The van der Waals surface area contributed by atoms with E-state index in [1.165, 1.54) is 18.4 Å². The number of para-hydroxylation sites is 1. The number of piperidine rings is 1. The first kappa shape index (κ1) is 11.2. The maximum absolute atomic E-state index is 6.31. The van der Waals surface area contributed by atoms with E-state index in [0.29, 0.717) is 0 Å². The van der Waals surface area contributed by atoms with Crippen LogP contribution in [0.5, 0.6) is 5.75 Å². The van der Waals surface area contributed by atoms with E-state index in [1.54, 1.807) is 0 Å². The van der Waals surface area contributed by atoms with Crippen LogP contribution in [0, 0.1) is 0 Å². The average molecular weight is 228 g/mol. The number of fused-ring (bicyclic) bond motifs is 1. The number of hydrogen-bond donors (Lipinski definition) is 0. The summed E-state index contributed by atoms with van der Waals surface area (Å²) in [5.74, 6) is 1.12. The Hall–Kier alpha value is -0.955. The molecule has 3 rings (SSSR count). The number of nitrogens with zero attached hydrogens (tertiary/aromatic N) is 1. The van der Waals surface area contributed by atoms with Crippen LogP contribution in [0.2, 0.25) is 6.82 Å². The minimum absolute atomic E-state index is 0.119. The Morgan fingerprint density at radius 2 is 1.94 bits per heavy atom. The minimum atomic E-state index is 0.119. The second-order valence-corrected chi connectivity index (χ2v) is 5.19. The summed E-state index contributed by atoms with van der Waals surface area (Å²) in [5.41, 5.74) is 1.50. The number of benzene rings is 1. The first-order valence-corrected chi connectivity index (χ1v) is 6.62. The molecule has 0 saturated carbocycles. The van der Waals surface area contributed by atoms with Gasteiger partial charge >= 0.3 is 0 Å². The van der Waals surface area contributed by atoms with Crippen molar-refractivity contribution in [2.75, 3.05) is 13.1 Å². The molecule has 1 aromatic rings. The lowest BCUT2D eigenvalue weighted by Crippen LogP contribution is -2.50. The van der Waals surface area contributed by atoms with E-state index in [0.717, 1.165) is 31.7 Å². The van der Waals surface area contributed by atoms with E-state index in [1.807, 2.05) is 0 Å². The number of rotatable bonds is 1. The highest BCUT2D eigenvalue weighted by Crippen LogP contribution is 2.38. The molecule has 89 valence electrons. The van der Waals surface area contributed by atoms with Crippen molar-refractivity contribution in [2.45, 2.75) is 38.1 Å². The van der Waals surface area contributed by atoms with Crippen LogP contribution in [-0.4, -0.2) is 30.9 Å². The van der Waals surface area contributed by atoms with E-state index >= 15 is 0 Å². The van der Waals surface area contributed by atoms with Gasteiger partial charge in [0.15, 0.2) is 0 Å². The lowest BCUT2D eigenvalue weighted by atomic mass is 9.80. The van der Waals surface area contributed by atoms with Gasteiger partial charge in [-0.25, -0.2) is 0 Å². The molecule has 0 N–H and O–H groups in total. The molecule has 1 spiro atoms. The second kappa shape index (κ2) is 4.38. The van der Waals surface area contributed by atoms with Crippen LogP contribution in [-0.2, 0) is 6.42 Å². The van der Waals surface area contributed by atoms with E-state index in [9.17, 15) is 0 Å². The summed E-state index contributed by atoms with van der Waals surface area (Å²) in [6.45, 7) is 4.40. The Balaban J connectivity index is 1.75. The van der Waals surface area contributed by atoms with Crippen molar-refractivity contribution in [3.63, 3.8) is 0 Å². The third kappa shape index (κ3) is 2.08. The third-order valence-corrected chi connectivity index (χ3v) is 4.22. The van der Waals surface area contributed by atoms with Gasteiger partial charge in [0.25, 0.3) is 0 Å². The fourth-order valence-electron chi connectivity index (χ4n) is 3.00. The predicted octanol–water partition coefficient (Wildman–Crippen LogP) is 2.51. The summed E-state index contributed by atoms with van der Waals surface area (Å²) in [4.78, 5) is 2.40. The summed E-state index contributed by atoms with van der Waals surface area (Å²) in [7, 11) is 2.20. The maximum atomic E-state index is 6.31. The smallest absolute Gasteiger partial charge is 0.205 e. The molecule has 2 aliphatic heterocycles. The van der Waals surface area contributed by atoms with E-state index in [-0.39, 0.29) is 5.60 Å². The lowest BCUT2D eigenvalue weighted by Gasteiger charge is -2.44. The number of aryl methyl sites for hydroxylation is 1. The highest BCUT2D eigenvalue weighted by atomic mass is 16.5. The highest BCUT2D eigenvalue weighted by Gasteiger charge is 2.38. The summed E-state index contributed by atoms with van der Waals surface area (Å²) < 4.78 is 6.31. The van der Waals surface area contributed by atoms with Crippen molar-refractivity contribution >= 4 is 7.41 Å². The summed E-state index contributed by atoms with van der Waals surface area (Å²) in [6.07, 6.45) is 4.67. The van der Waals surface area contributed by atoms with Gasteiger partial charge in [0.05, 0.1) is 0 Å². The molecule has 1 radical (unpaired) electrons. The van der Waals surface area contributed by atoms with Crippen molar-refractivity contribution in [3.05, 3.63) is 29.8 Å². The molecular formula is C14H19BNO. The normalized spacial score (nSPS) is 22.9. The number of hydrogen-bond acceptors (Lipinski definition) is 2. The lowest BCUT2D eigenvalue weighted by molar-refractivity contribution is 0.00136. The third-order valence-electron chi connectivity index (χ3n) is 4.22. The molecule has 2 nitrogen and oxygen atoms in total. The van der Waals surface area contributed by atoms with E-state index in [2.05, 4.69) is 43.3 Å². The SMILES string of the molecule is C[B]N1CCC2(CCc3ccccc3O2)CC1. The molecule has 3 heteroatoms. The Bertz CT molecular complexity index is 399. The minimum Gasteiger partial charge on any atom is -0.487 e. The standard InChI is InChI=1S/C14H19BNO/c1-15-16-10-8-14(9-11-16)7-6-12-4-2-3-5-13(12)17-14/h2-5H,6-11H2,1H3. The van der Waals surface area contributed by atoms with Crippen molar-refractivity contribution in [1.82, 2.24) is 4.81 Å². The number of ether oxygens (including phenoxy) is 1. The van der Waals surface area contributed by atoms with Crippen molar-refractivity contribution in [1.29, 1.82) is 0 Å². The molecule has 2 heterocycles. The summed E-state index contributed by atoms with van der Waals surface area (Å²) in [6, 6.07) is 8.49. The van der Waals surface area contributed by atoms with Gasteiger partial charge in [-0.1, -0.05) is 25.0 Å². The van der Waals surface area contributed by atoms with Crippen molar-refractivity contribution in [2.24, 2.45) is 0 Å². The largest absolute Gasteiger partial charge is 0.487 e. The molecule has 0 amide bonds. The van der Waals surface area contributed by atoms with Gasteiger partial charge < -0.3 is 9.55 Å². The predicted molar refractivity (Wildman–Crippen MR) is 70.5 cm³/mol. The zero-order valence-corrected chi connectivity index (χ0v) is 10.5. The monoisotopic (exact) mass is 228 g/mol. The Kier molecular flexibility index (Phi) is 2.87. The highest BCUT2D eigenvalue weighted by molar-refractivity contribution is 6.29. The van der Waals surface area contributed by atoms with Gasteiger partial charge in [0.2, 0.25) is 7.41 Å². The van der Waals surface area contributed by atoms with Crippen LogP contribution in [0.15, 0.2) is 24.3 Å². The van der Waals surface area contributed by atoms with Gasteiger partial charge in [0.1, 0.15) is 11.4 Å². The molecule has 0 atom stereocenters. The summed E-state index contributed by atoms with van der Waals surface area (Å²) >= 11 is 0. The van der Waals surface area contributed by atoms with Crippen molar-refractivity contribution in [3.8, 4) is 5.75 Å². The van der Waals surface area contributed by atoms with Crippen LogP contribution in [0.4, 0.5) is 0 Å². The molecule has 1 fully saturated rings. The van der Waals surface area contributed by atoms with E-state index in [4.69, 9.17) is 4.74 Å². The molecule has 17 heavy (non-hydrogen) atoms. The van der Waals surface area contributed by atoms with Crippen LogP contribution < -0.4 is 4.74 Å². The van der Waals surface area contributed by atoms with E-state index < -0.39 is 0 Å². The summed E-state index contributed by atoms with van der Waals surface area (Å²) in [5, 5.41) is 0. The average Bonchev–Trinajstić information content (AvgIpc) is 2.40. The Labute approximate surface area is 104 Å². The fourth-order valence-corrected chi connectivity index (χ4v) is 3.00. The van der Waals surface area contributed by atoms with Gasteiger partial charge in [-0.2, -0.15) is 0 Å². The molecule has 0 aromatic heterocycles. The molecular weight excluding hydrogens is 209 g/mol. The molecule has 0 unspecified atom stereocenters. The van der Waals surface area contributed by atoms with Gasteiger partial charge in [-0.05, 0) is 50.4 Å². The zero-order valence-electron chi connectivity index (χ0n) is 10.5. The van der Waals surface area contributed by atoms with Gasteiger partial charge in [-0.15, -0.1) is 0 Å². The van der Waals surface area contributed by atoms with Crippen LogP contribution >= 0.6 is 0 Å². The van der Waals surface area contributed by atoms with Crippen LogP contribution in [0.25, 0.3) is 0 Å². The zero-order chi connectivity index (χ0) is 11.7. The Morgan fingerprint density at radius 1 is 1.18 bits per heavy atom. The quantitative estimate of drug-likeness (QED) is 0.685. The van der Waals surface area contributed by atoms with Crippen LogP contribution in [0.3, 0.4) is 0 Å². The maximum Gasteiger partial charge on any atom is 0.205 e. The van der Waals surface area contributed by atoms with Gasteiger partial charge in [-0.3, -0.25) is 0 Å². The molecule has 2 aliphatic rings. The van der Waals surface area contributed by atoms with Crippen LogP contribution in [0.1, 0.15) is 24.8 Å². The van der Waals surface area contributed by atoms with Gasteiger partial charge in [0, 0.05) is 0 Å². The topological polar surface area (TPSA) is 12.5 Å². The fraction of sp³-hybridized carbons (Fsp3) is 0.571. The molecule has 0 bridgehead atoms. The molecule has 1 saturated heterocycles. The first-order valence-electron chi connectivity index (χ1n) is 6.62. The van der Waals surface area contributed by atoms with Crippen molar-refractivity contribution < 1.29 is 4.74 Å². The molecule has 0 aliphatic carbocycles. The second-order valence-electron chi connectivity index (χ2n) is 5.19. The molecule has 1 aromatic carbocycles. The Morgan fingerprint density at radius 3 is 2.71 bits per heavy atom.